The average molecular weight is 172 g/mol. The zero-order valence-electron chi connectivity index (χ0n) is 6.19. The molecule has 1 atom stereocenters. The molecule has 0 aliphatic carbocycles. The molecule has 0 spiro atoms. The molecule has 0 aromatic rings. The van der Waals surface area contributed by atoms with Crippen molar-refractivity contribution in [3.63, 3.8) is 0 Å². The molecule has 11 heavy (non-hydrogen) atoms. The Balaban J connectivity index is 3.44. The molecular weight excluding hydrogens is 161 g/mol. The first-order valence-electron chi connectivity index (χ1n) is 3.23. The molecule has 1 N–H and O–H groups in total. The van der Waals surface area contributed by atoms with E-state index in [0.29, 0.717) is 0 Å². The van der Waals surface area contributed by atoms with E-state index >= 15 is 0 Å². The molecular formula is C6H11F3O2. The number of hydrogen-bond acceptors (Lipinski definition) is 2. The highest BCUT2D eigenvalue weighted by atomic mass is 19.4. The summed E-state index contributed by atoms with van der Waals surface area (Å²) in [4.78, 5) is 0. The number of alkyl halides is 3. The Morgan fingerprint density at radius 1 is 1.45 bits per heavy atom. The minimum absolute atomic E-state index is 0.0413. The van der Waals surface area contributed by atoms with Crippen molar-refractivity contribution in [1.29, 1.82) is 0 Å². The van der Waals surface area contributed by atoms with Gasteiger partial charge in [0.2, 0.25) is 0 Å². The number of ether oxygens (including phenoxy) is 1. The van der Waals surface area contributed by atoms with Crippen molar-refractivity contribution in [1.82, 2.24) is 0 Å². The summed E-state index contributed by atoms with van der Waals surface area (Å²) in [6, 6.07) is 0. The van der Waals surface area contributed by atoms with Crippen LogP contribution < -0.4 is 0 Å². The summed E-state index contributed by atoms with van der Waals surface area (Å²) in [5.74, 6) is -1.46. The molecule has 0 aliphatic heterocycles. The van der Waals surface area contributed by atoms with E-state index in [4.69, 9.17) is 5.11 Å². The van der Waals surface area contributed by atoms with Gasteiger partial charge in [0.25, 0.3) is 0 Å². The molecule has 0 amide bonds. The summed E-state index contributed by atoms with van der Waals surface area (Å²) in [7, 11) is 0. The van der Waals surface area contributed by atoms with Crippen LogP contribution in [0.2, 0.25) is 0 Å². The van der Waals surface area contributed by atoms with Crippen molar-refractivity contribution in [2.24, 2.45) is 5.92 Å². The van der Waals surface area contributed by atoms with Crippen LogP contribution in [0.1, 0.15) is 6.92 Å². The predicted octanol–water partition coefficient (Wildman–Crippen LogP) is 1.19. The van der Waals surface area contributed by atoms with Gasteiger partial charge in [0.1, 0.15) is 0 Å². The lowest BCUT2D eigenvalue weighted by Crippen LogP contribution is -2.25. The summed E-state index contributed by atoms with van der Waals surface area (Å²) in [6.45, 7) is 0.367. The highest BCUT2D eigenvalue weighted by Gasteiger charge is 2.35. The molecule has 0 fully saturated rings. The molecule has 0 radical (unpaired) electrons. The quantitative estimate of drug-likeness (QED) is 0.645. The van der Waals surface area contributed by atoms with Crippen LogP contribution >= 0.6 is 0 Å². The summed E-state index contributed by atoms with van der Waals surface area (Å²) >= 11 is 0. The van der Waals surface area contributed by atoms with Crippen molar-refractivity contribution in [2.45, 2.75) is 13.1 Å². The molecule has 68 valence electrons. The van der Waals surface area contributed by atoms with E-state index in [-0.39, 0.29) is 19.8 Å². The number of aliphatic hydroxyl groups is 1. The topological polar surface area (TPSA) is 29.5 Å². The second kappa shape index (κ2) is 4.56. The van der Waals surface area contributed by atoms with Gasteiger partial charge < -0.3 is 9.84 Å². The fourth-order valence-electron chi connectivity index (χ4n) is 0.419. The summed E-state index contributed by atoms with van der Waals surface area (Å²) in [6.07, 6.45) is -4.20. The molecule has 1 unspecified atom stereocenters. The van der Waals surface area contributed by atoms with Crippen LogP contribution in [0, 0.1) is 5.92 Å². The maximum absolute atomic E-state index is 11.7. The van der Waals surface area contributed by atoms with Crippen molar-refractivity contribution >= 4 is 0 Å². The SMILES string of the molecule is CC(COCCO)C(F)(F)F. The van der Waals surface area contributed by atoms with E-state index in [2.05, 4.69) is 4.74 Å². The molecule has 5 heteroatoms. The lowest BCUT2D eigenvalue weighted by molar-refractivity contribution is -0.183. The number of rotatable bonds is 4. The monoisotopic (exact) mass is 172 g/mol. The minimum Gasteiger partial charge on any atom is -0.394 e. The van der Waals surface area contributed by atoms with E-state index in [0.717, 1.165) is 6.92 Å². The Labute approximate surface area is 63.0 Å². The lowest BCUT2D eigenvalue weighted by Gasteiger charge is -2.14. The van der Waals surface area contributed by atoms with Crippen LogP contribution in [0.15, 0.2) is 0 Å². The third-order valence-electron chi connectivity index (χ3n) is 1.16. The first-order chi connectivity index (χ1) is 4.98. The standard InChI is InChI=1S/C6H11F3O2/c1-5(6(7,8)9)4-11-3-2-10/h5,10H,2-4H2,1H3. The van der Waals surface area contributed by atoms with Crippen molar-refractivity contribution in [3.05, 3.63) is 0 Å². The summed E-state index contributed by atoms with van der Waals surface area (Å²) in [5.41, 5.74) is 0. The molecule has 0 aromatic carbocycles. The van der Waals surface area contributed by atoms with Gasteiger partial charge in [-0.25, -0.2) is 0 Å². The fraction of sp³-hybridized carbons (Fsp3) is 1.00. The van der Waals surface area contributed by atoms with Crippen LogP contribution in [0.4, 0.5) is 13.2 Å². The van der Waals surface area contributed by atoms with Gasteiger partial charge in [0, 0.05) is 0 Å². The average Bonchev–Trinajstić information content (AvgIpc) is 1.86. The molecule has 0 saturated carbocycles. The molecule has 0 heterocycles. The summed E-state index contributed by atoms with van der Waals surface area (Å²) < 4.78 is 39.7. The third-order valence-corrected chi connectivity index (χ3v) is 1.16. The van der Waals surface area contributed by atoms with Gasteiger partial charge in [-0.15, -0.1) is 0 Å². The molecule has 0 saturated heterocycles. The van der Waals surface area contributed by atoms with Crippen LogP contribution in [0.5, 0.6) is 0 Å². The Kier molecular flexibility index (Phi) is 4.44. The summed E-state index contributed by atoms with van der Waals surface area (Å²) in [5, 5.41) is 8.18. The van der Waals surface area contributed by atoms with Gasteiger partial charge in [0.05, 0.1) is 25.7 Å². The highest BCUT2D eigenvalue weighted by molar-refractivity contribution is 4.60. The van der Waals surface area contributed by atoms with Gasteiger partial charge in [-0.2, -0.15) is 13.2 Å². The second-order valence-electron chi connectivity index (χ2n) is 2.24. The second-order valence-corrected chi connectivity index (χ2v) is 2.24. The van der Waals surface area contributed by atoms with Crippen LogP contribution in [-0.2, 0) is 4.74 Å². The molecule has 0 aromatic heterocycles. The van der Waals surface area contributed by atoms with Crippen LogP contribution in [-0.4, -0.2) is 31.1 Å². The Bertz CT molecular complexity index is 102. The zero-order valence-corrected chi connectivity index (χ0v) is 6.19. The maximum Gasteiger partial charge on any atom is 0.393 e. The van der Waals surface area contributed by atoms with Crippen LogP contribution in [0.25, 0.3) is 0 Å². The first kappa shape index (κ1) is 10.7. The lowest BCUT2D eigenvalue weighted by atomic mass is 10.2. The van der Waals surface area contributed by atoms with E-state index in [1.165, 1.54) is 0 Å². The van der Waals surface area contributed by atoms with Crippen LogP contribution in [0.3, 0.4) is 0 Å². The van der Waals surface area contributed by atoms with Gasteiger partial charge >= 0.3 is 6.18 Å². The highest BCUT2D eigenvalue weighted by Crippen LogP contribution is 2.25. The third kappa shape index (κ3) is 5.03. The smallest absolute Gasteiger partial charge is 0.393 e. The molecule has 2 nitrogen and oxygen atoms in total. The maximum atomic E-state index is 11.7. The van der Waals surface area contributed by atoms with Gasteiger partial charge in [-0.05, 0) is 0 Å². The Morgan fingerprint density at radius 3 is 2.36 bits per heavy atom. The molecule has 0 rings (SSSR count). The molecule has 0 aliphatic rings. The van der Waals surface area contributed by atoms with Crippen molar-refractivity contribution < 1.29 is 23.0 Å². The van der Waals surface area contributed by atoms with E-state index < -0.39 is 12.1 Å². The van der Waals surface area contributed by atoms with E-state index in [1.54, 1.807) is 0 Å². The molecule has 0 bridgehead atoms. The minimum atomic E-state index is -4.20. The number of halogens is 3. The zero-order chi connectivity index (χ0) is 8.91. The normalized spacial score (nSPS) is 15.0. The Morgan fingerprint density at radius 2 is 2.00 bits per heavy atom. The van der Waals surface area contributed by atoms with E-state index in [9.17, 15) is 13.2 Å². The van der Waals surface area contributed by atoms with E-state index in [1.807, 2.05) is 0 Å². The van der Waals surface area contributed by atoms with Gasteiger partial charge in [-0.3, -0.25) is 0 Å². The first-order valence-corrected chi connectivity index (χ1v) is 3.23. The predicted molar refractivity (Wildman–Crippen MR) is 33.1 cm³/mol. The fourth-order valence-corrected chi connectivity index (χ4v) is 0.419. The number of hydrogen-bond donors (Lipinski definition) is 1. The van der Waals surface area contributed by atoms with Crippen molar-refractivity contribution in [3.8, 4) is 0 Å². The van der Waals surface area contributed by atoms with Gasteiger partial charge in [0.15, 0.2) is 0 Å². The largest absolute Gasteiger partial charge is 0.394 e. The van der Waals surface area contributed by atoms with Crippen molar-refractivity contribution in [2.75, 3.05) is 19.8 Å². The number of aliphatic hydroxyl groups excluding tert-OH is 1. The Hall–Kier alpha value is -0.290. The van der Waals surface area contributed by atoms with Gasteiger partial charge in [-0.1, -0.05) is 6.92 Å².